The number of benzene rings is 3. The maximum Gasteiger partial charge on any atom is 0.339 e. The smallest absolute Gasteiger partial charge is 0.339 e. The fraction of sp³-hybridized carbons (Fsp3) is 0.185. The summed E-state index contributed by atoms with van der Waals surface area (Å²) >= 11 is 6.38. The van der Waals surface area contributed by atoms with Crippen molar-refractivity contribution in [1.29, 1.82) is 0 Å². The molecular weight excluding hydrogens is 436 g/mol. The molecule has 5 nitrogen and oxygen atoms in total. The number of rotatable bonds is 6. The van der Waals surface area contributed by atoms with E-state index in [1.807, 2.05) is 49.5 Å². The Labute approximate surface area is 196 Å². The van der Waals surface area contributed by atoms with Gasteiger partial charge in [-0.25, -0.2) is 4.79 Å². The highest BCUT2D eigenvalue weighted by molar-refractivity contribution is 6.31. The summed E-state index contributed by atoms with van der Waals surface area (Å²) in [5, 5.41) is 1.47. The highest BCUT2D eigenvalue weighted by Gasteiger charge is 2.54. The summed E-state index contributed by atoms with van der Waals surface area (Å²) in [5.41, 5.74) is 2.06. The van der Waals surface area contributed by atoms with Crippen LogP contribution in [0, 0.1) is 0 Å². The molecule has 1 aliphatic heterocycles. The molecule has 0 saturated carbocycles. The number of aromatic amines is 1. The summed E-state index contributed by atoms with van der Waals surface area (Å²) in [4.78, 5) is 32.2. The zero-order chi connectivity index (χ0) is 23.0. The number of H-pyrrole nitrogens is 1. The van der Waals surface area contributed by atoms with Crippen LogP contribution in [0.5, 0.6) is 0 Å². The molecule has 0 radical (unpaired) electrons. The second kappa shape index (κ2) is 8.41. The van der Waals surface area contributed by atoms with E-state index in [1.54, 1.807) is 41.3 Å². The number of hydrogen-bond acceptors (Lipinski definition) is 3. The van der Waals surface area contributed by atoms with E-state index in [1.165, 1.54) is 0 Å². The van der Waals surface area contributed by atoms with Gasteiger partial charge in [0.25, 0.3) is 5.91 Å². The number of fused-ring (bicyclic) bond motifs is 2. The van der Waals surface area contributed by atoms with E-state index in [0.717, 1.165) is 28.6 Å². The average molecular weight is 459 g/mol. The van der Waals surface area contributed by atoms with Gasteiger partial charge < -0.3 is 14.6 Å². The molecule has 0 bridgehead atoms. The minimum absolute atomic E-state index is 0.196. The van der Waals surface area contributed by atoms with Crippen molar-refractivity contribution in [2.45, 2.75) is 25.4 Å². The number of aromatic nitrogens is 1. The molecule has 2 heterocycles. The number of esters is 1. The van der Waals surface area contributed by atoms with Crippen molar-refractivity contribution in [3.05, 3.63) is 101 Å². The third-order valence-corrected chi connectivity index (χ3v) is 6.35. The average Bonchev–Trinajstić information content (AvgIpc) is 3.33. The summed E-state index contributed by atoms with van der Waals surface area (Å²) in [6.45, 7) is 2.53. The van der Waals surface area contributed by atoms with Crippen LogP contribution >= 0.6 is 11.6 Å². The van der Waals surface area contributed by atoms with Gasteiger partial charge in [0.2, 0.25) is 5.60 Å². The minimum atomic E-state index is -1.52. The van der Waals surface area contributed by atoms with Crippen molar-refractivity contribution in [2.24, 2.45) is 0 Å². The first-order chi connectivity index (χ1) is 16.0. The number of hydrogen-bond donors (Lipinski definition) is 1. The van der Waals surface area contributed by atoms with Crippen molar-refractivity contribution in [1.82, 2.24) is 4.98 Å². The van der Waals surface area contributed by atoms with Crippen molar-refractivity contribution in [2.75, 3.05) is 11.4 Å². The Balaban J connectivity index is 1.68. The van der Waals surface area contributed by atoms with Gasteiger partial charge in [0.05, 0.1) is 11.3 Å². The topological polar surface area (TPSA) is 62.4 Å². The molecule has 0 saturated heterocycles. The van der Waals surface area contributed by atoms with Crippen LogP contribution in [0.2, 0.25) is 5.02 Å². The first-order valence-corrected chi connectivity index (χ1v) is 11.4. The maximum atomic E-state index is 14.0. The molecule has 1 aliphatic rings. The molecule has 1 unspecified atom stereocenters. The molecule has 0 fully saturated rings. The summed E-state index contributed by atoms with van der Waals surface area (Å²) in [7, 11) is 0. The Bertz CT molecular complexity index is 1350. The molecule has 1 amide bonds. The summed E-state index contributed by atoms with van der Waals surface area (Å²) in [6.07, 6.45) is 2.84. The number of carbonyl (C=O) groups excluding carboxylic acids is 2. The van der Waals surface area contributed by atoms with Crippen LogP contribution < -0.4 is 4.90 Å². The lowest BCUT2D eigenvalue weighted by atomic mass is 9.87. The van der Waals surface area contributed by atoms with Crippen LogP contribution in [0.1, 0.15) is 34.8 Å². The Morgan fingerprint density at radius 1 is 1.06 bits per heavy atom. The monoisotopic (exact) mass is 458 g/mol. The molecule has 1 atom stereocenters. The number of nitrogens with one attached hydrogen (secondary N) is 1. The standard InChI is InChI=1S/C27H23ClN2O3/c1-2-14-30-24-13-12-20(28)15-22(24)27(26(30)32,33-25(31)18-8-4-3-5-9-18)16-19-17-29-23-11-7-6-10-21(19)23/h3-13,15,17,29H,2,14,16H2,1H3. The van der Waals surface area contributed by atoms with Crippen LogP contribution in [0.25, 0.3) is 10.9 Å². The van der Waals surface area contributed by atoms with E-state index in [2.05, 4.69) is 4.98 Å². The van der Waals surface area contributed by atoms with Gasteiger partial charge in [-0.3, -0.25) is 4.79 Å². The molecule has 1 N–H and O–H groups in total. The van der Waals surface area contributed by atoms with Gasteiger partial charge in [-0.1, -0.05) is 54.9 Å². The highest BCUT2D eigenvalue weighted by atomic mass is 35.5. The molecule has 6 heteroatoms. The molecular formula is C27H23ClN2O3. The van der Waals surface area contributed by atoms with E-state index in [9.17, 15) is 9.59 Å². The van der Waals surface area contributed by atoms with Gasteiger partial charge in [0.1, 0.15) is 0 Å². The number of anilines is 1. The van der Waals surface area contributed by atoms with Gasteiger partial charge in [0, 0.05) is 40.7 Å². The molecule has 1 aromatic heterocycles. The number of nitrogens with zero attached hydrogens (tertiary/aromatic N) is 1. The van der Waals surface area contributed by atoms with E-state index < -0.39 is 11.6 Å². The Morgan fingerprint density at radius 2 is 1.82 bits per heavy atom. The van der Waals surface area contributed by atoms with Crippen LogP contribution in [-0.2, 0) is 21.6 Å². The summed E-state index contributed by atoms with van der Waals surface area (Å²) in [6, 6.07) is 22.0. The first kappa shape index (κ1) is 21.3. The fourth-order valence-electron chi connectivity index (χ4n) is 4.60. The highest BCUT2D eigenvalue weighted by Crippen LogP contribution is 2.47. The van der Waals surface area contributed by atoms with Gasteiger partial charge in [-0.05, 0) is 48.4 Å². The van der Waals surface area contributed by atoms with E-state index in [4.69, 9.17) is 16.3 Å². The van der Waals surface area contributed by atoms with Gasteiger partial charge >= 0.3 is 5.97 Å². The second-order valence-corrected chi connectivity index (χ2v) is 8.67. The third-order valence-electron chi connectivity index (χ3n) is 6.11. The predicted octanol–water partition coefficient (Wildman–Crippen LogP) is 5.87. The van der Waals surface area contributed by atoms with E-state index >= 15 is 0 Å². The van der Waals surface area contributed by atoms with Crippen molar-refractivity contribution >= 4 is 40.1 Å². The van der Waals surface area contributed by atoms with Gasteiger partial charge in [-0.15, -0.1) is 0 Å². The van der Waals surface area contributed by atoms with Crippen LogP contribution in [-0.4, -0.2) is 23.4 Å². The lowest BCUT2D eigenvalue weighted by Crippen LogP contribution is -2.45. The zero-order valence-electron chi connectivity index (χ0n) is 18.2. The Hall–Kier alpha value is -3.57. The number of para-hydroxylation sites is 1. The normalized spacial score (nSPS) is 17.4. The lowest BCUT2D eigenvalue weighted by molar-refractivity contribution is -0.137. The summed E-state index contributed by atoms with van der Waals surface area (Å²) < 4.78 is 6.17. The molecule has 3 aromatic carbocycles. The molecule has 166 valence electrons. The zero-order valence-corrected chi connectivity index (χ0v) is 18.9. The number of halogens is 1. The van der Waals surface area contributed by atoms with Gasteiger partial charge in [0.15, 0.2) is 0 Å². The SMILES string of the molecule is CCCN1C(=O)C(Cc2c[nH]c3ccccc23)(OC(=O)c2ccccc2)c2cc(Cl)ccc21. The predicted molar refractivity (Wildman–Crippen MR) is 130 cm³/mol. The maximum absolute atomic E-state index is 14.0. The van der Waals surface area contributed by atoms with Crippen LogP contribution in [0.3, 0.4) is 0 Å². The number of carbonyl (C=O) groups is 2. The third kappa shape index (κ3) is 3.58. The summed E-state index contributed by atoms with van der Waals surface area (Å²) in [5.74, 6) is -0.802. The van der Waals surface area contributed by atoms with Crippen LogP contribution in [0.4, 0.5) is 5.69 Å². The fourth-order valence-corrected chi connectivity index (χ4v) is 4.77. The van der Waals surface area contributed by atoms with Crippen molar-refractivity contribution in [3.63, 3.8) is 0 Å². The van der Waals surface area contributed by atoms with Crippen molar-refractivity contribution in [3.8, 4) is 0 Å². The largest absolute Gasteiger partial charge is 0.440 e. The van der Waals surface area contributed by atoms with Gasteiger partial charge in [-0.2, -0.15) is 0 Å². The molecule has 5 rings (SSSR count). The molecule has 4 aromatic rings. The lowest BCUT2D eigenvalue weighted by Gasteiger charge is -2.29. The Kier molecular flexibility index (Phi) is 5.43. The molecule has 0 aliphatic carbocycles. The molecule has 0 spiro atoms. The Morgan fingerprint density at radius 3 is 2.61 bits per heavy atom. The number of amides is 1. The van der Waals surface area contributed by atoms with Crippen molar-refractivity contribution < 1.29 is 14.3 Å². The first-order valence-electron chi connectivity index (χ1n) is 11.0. The van der Waals surface area contributed by atoms with E-state index in [-0.39, 0.29) is 12.3 Å². The quantitative estimate of drug-likeness (QED) is 0.367. The van der Waals surface area contributed by atoms with Crippen LogP contribution in [0.15, 0.2) is 79.0 Å². The minimum Gasteiger partial charge on any atom is -0.440 e. The second-order valence-electron chi connectivity index (χ2n) is 8.24. The van der Waals surface area contributed by atoms with E-state index in [0.29, 0.717) is 22.7 Å². The number of ether oxygens (including phenoxy) is 1. The molecule has 33 heavy (non-hydrogen) atoms.